The van der Waals surface area contributed by atoms with Crippen molar-refractivity contribution in [1.29, 1.82) is 0 Å². The molecule has 0 N–H and O–H groups in total. The van der Waals surface area contributed by atoms with Gasteiger partial charge in [0.2, 0.25) is 56.9 Å². The molecule has 18 nitrogen and oxygen atoms in total. The zero-order valence-corrected chi connectivity index (χ0v) is 59.0. The minimum absolute atomic E-state index is 0.863. The third-order valence-corrected chi connectivity index (χ3v) is 30.0. The van der Waals surface area contributed by atoms with Gasteiger partial charge in [-0.25, -0.2) is 15.0 Å². The SMILES string of the molecule is CC12[n+]3c4cc5c6c3c(cc3[n+]6C67[n+]8c-3ccc3nccc(c38)-c3ccc8ccc9ccc-5[n+]6c9c8[n+]37)-c3ccc5ccc6ccc([n+]1c6c5[n+]32)-c1cc2[n+]3c5c(cc-4nc15)-c1ccc4ccc5ccc6[n+]7c5c4[n+]1C37[n+]1c-2cc2c3c1c-6cc1[n+]3C3(C)[n+]4c(ccc5ccc6ccc-2[n+]3c6c54)-c2ccnc3ccc-1nc23. The molecule has 0 aliphatic carbocycles. The zero-order valence-electron chi connectivity index (χ0n) is 59.0. The first-order valence-corrected chi connectivity index (χ1v) is 39.0. The van der Waals surface area contributed by atoms with Crippen molar-refractivity contribution >= 4 is 142 Å². The summed E-state index contributed by atoms with van der Waals surface area (Å²) in [4.78, 5) is 22.6. The van der Waals surface area contributed by atoms with E-state index in [1.54, 1.807) is 0 Å². The molecule has 2 spiro atoms. The summed E-state index contributed by atoms with van der Waals surface area (Å²) in [5, 5.41) is 9.55. The van der Waals surface area contributed by atoms with E-state index in [1.165, 1.54) is 132 Å². The van der Waals surface area contributed by atoms with Gasteiger partial charge >= 0.3 is 84.6 Å². The van der Waals surface area contributed by atoms with E-state index in [-0.39, 0.29) is 0 Å². The molecule has 4 bridgehead atoms. The minimum Gasteiger partial charge on any atom is -0.255 e. The number of rotatable bonds is 0. The predicted molar refractivity (Wildman–Crippen MR) is 405 cm³/mol. The Balaban J connectivity index is 0.741. The molecule has 18 heteroatoms. The number of benzene rings is 4. The lowest BCUT2D eigenvalue weighted by Gasteiger charge is -2.23. The Hall–Kier alpha value is -15.0. The van der Waals surface area contributed by atoms with Gasteiger partial charge in [-0.1, -0.05) is 27.4 Å². The van der Waals surface area contributed by atoms with Crippen molar-refractivity contribution in [2.75, 3.05) is 0 Å². The molecule has 0 saturated carbocycles. The largest absolute Gasteiger partial charge is 0.772 e. The van der Waals surface area contributed by atoms with Crippen molar-refractivity contribution in [3.8, 4) is 136 Å². The Morgan fingerprint density at radius 3 is 0.973 bits per heavy atom. The van der Waals surface area contributed by atoms with Crippen molar-refractivity contribution in [2.24, 2.45) is 0 Å². The highest BCUT2D eigenvalue weighted by atomic mass is 15.6. The normalized spacial score (nSPS) is 20.2. The van der Waals surface area contributed by atoms with Crippen molar-refractivity contribution in [1.82, 2.24) is 19.9 Å². The fourth-order valence-corrected chi connectivity index (χ4v) is 26.4. The summed E-state index contributed by atoms with van der Waals surface area (Å²) in [6, 6.07) is 85.9. The number of aromatic nitrogens is 18. The monoisotopic (exact) mass is 1420 g/mol. The lowest BCUT2D eigenvalue weighted by molar-refractivity contribution is -1.28. The van der Waals surface area contributed by atoms with E-state index in [1.807, 2.05) is 12.4 Å². The van der Waals surface area contributed by atoms with E-state index in [2.05, 4.69) is 296 Å². The van der Waals surface area contributed by atoms with Gasteiger partial charge in [-0.05, 0) is 133 Å². The standard InChI is InChI=1S/C94H44N18/c1-91-99-61-22-11-41-3-5-43-15-26-65(101(91)79(43)77(41)99)56-40-74-73-36-51-63-24-13-42-4-6-44-14-25-64-55-39-72-69-30-21-59-85-50(32-34-96-59)62-23-12-45-7-8-47-18-29-68-54-38-71(104(92(2)100(63)78(42)80(44)102(64)92)88(55)89(54)111(72)93(109(69)85)105(62)81(45)82(47)107(68)93)60-35-52-66-27-16-46-9-10-48-17-28-67-53-37-70(57-19-20-58-75(97-57)49(61)31-33-95-58)103(91)87(56)90(53)112(74)94(110(73)86(52)76(51)98-60)106(66)83(46)84(48)108(67)94/h3-40H,1-2H3/q+14. The van der Waals surface area contributed by atoms with Crippen LogP contribution in [0.1, 0.15) is 13.8 Å². The second-order valence-electron chi connectivity index (χ2n) is 33.9. The first-order valence-electron chi connectivity index (χ1n) is 39.0. The highest BCUT2D eigenvalue weighted by Crippen LogP contribution is 2.55. The molecule has 32 heterocycles. The maximum atomic E-state index is 6.53. The van der Waals surface area contributed by atoms with Crippen LogP contribution in [0.15, 0.2) is 231 Å². The molecule has 0 amide bonds. The van der Waals surface area contributed by atoms with Crippen LogP contribution in [0.25, 0.3) is 278 Å². The lowest BCUT2D eigenvalue weighted by Crippen LogP contribution is -2.96. The Bertz CT molecular complexity index is 9420. The molecular formula is C94H44N18+14. The fraction of sp³-hybridized carbons (Fsp3) is 0.0638. The van der Waals surface area contributed by atoms with E-state index < -0.39 is 23.4 Å². The highest BCUT2D eigenvalue weighted by molar-refractivity contribution is 6.11. The van der Waals surface area contributed by atoms with Gasteiger partial charge in [-0.15, -0.1) is 0 Å². The second-order valence-corrected chi connectivity index (χ2v) is 33.9. The molecule has 0 fully saturated rings. The van der Waals surface area contributed by atoms with E-state index in [4.69, 9.17) is 19.9 Å². The molecule has 496 valence electrons. The molecule has 4 aromatic carbocycles. The number of fused-ring (bicyclic) bond motifs is 14. The van der Waals surface area contributed by atoms with Crippen LogP contribution < -0.4 is 63.9 Å². The Kier molecular flexibility index (Phi) is 6.71. The fourth-order valence-electron chi connectivity index (χ4n) is 26.4. The molecule has 4 unspecified atom stereocenters. The Labute approximate surface area is 626 Å². The molecule has 18 aromatic heterocycles. The molecule has 14 aliphatic rings. The van der Waals surface area contributed by atoms with E-state index in [0.717, 1.165) is 146 Å². The van der Waals surface area contributed by atoms with Crippen LogP contribution in [0.3, 0.4) is 0 Å². The van der Waals surface area contributed by atoms with Gasteiger partial charge in [0.15, 0.2) is 5.52 Å². The number of hydrogen-bond acceptors (Lipinski definition) is 4. The van der Waals surface area contributed by atoms with Gasteiger partial charge < -0.3 is 0 Å². The van der Waals surface area contributed by atoms with E-state index in [0.29, 0.717) is 0 Å². The summed E-state index contributed by atoms with van der Waals surface area (Å²) in [6.45, 7) is 4.99. The van der Waals surface area contributed by atoms with Crippen molar-refractivity contribution in [3.05, 3.63) is 231 Å². The predicted octanol–water partition coefficient (Wildman–Crippen LogP) is 8.55. The van der Waals surface area contributed by atoms with E-state index in [9.17, 15) is 0 Å². The van der Waals surface area contributed by atoms with Crippen LogP contribution >= 0.6 is 0 Å². The molecule has 36 rings (SSSR count). The summed E-state index contributed by atoms with van der Waals surface area (Å²) in [5.74, 6) is -3.82. The molecular weight excluding hydrogens is 1380 g/mol. The summed E-state index contributed by atoms with van der Waals surface area (Å²) in [6.07, 6.45) is 3.96. The molecule has 0 radical (unpaired) electrons. The molecule has 0 saturated heterocycles. The summed E-state index contributed by atoms with van der Waals surface area (Å²) in [7, 11) is 0. The molecule has 4 atom stereocenters. The van der Waals surface area contributed by atoms with Crippen molar-refractivity contribution in [2.45, 2.75) is 37.2 Å². The maximum Gasteiger partial charge on any atom is 0.772 e. The third-order valence-electron chi connectivity index (χ3n) is 30.0. The topological polar surface area (TPSA) is 106 Å². The number of hydrogen-bond donors (Lipinski definition) is 0. The highest BCUT2D eigenvalue weighted by Gasteiger charge is 2.91. The first kappa shape index (κ1) is 51.3. The quantitative estimate of drug-likeness (QED) is 0.112. The molecule has 112 heavy (non-hydrogen) atoms. The van der Waals surface area contributed by atoms with Crippen LogP contribution in [0.4, 0.5) is 0 Å². The van der Waals surface area contributed by atoms with Gasteiger partial charge in [0, 0.05) is 134 Å². The molecule has 14 aliphatic heterocycles. The Morgan fingerprint density at radius 1 is 0.196 bits per heavy atom. The van der Waals surface area contributed by atoms with Crippen LogP contribution in [-0.2, 0) is 23.4 Å². The molecule has 22 aromatic rings. The third kappa shape index (κ3) is 4.27. The van der Waals surface area contributed by atoms with Gasteiger partial charge in [0.25, 0.3) is 38.8 Å². The maximum absolute atomic E-state index is 6.53. The van der Waals surface area contributed by atoms with Gasteiger partial charge in [0.1, 0.15) is 69.6 Å². The average Bonchev–Trinajstić information content (AvgIpc) is 1.44. The van der Waals surface area contributed by atoms with E-state index >= 15 is 0 Å². The summed E-state index contributed by atoms with van der Waals surface area (Å²) >= 11 is 0. The first-order chi connectivity index (χ1) is 55.3. The smallest absolute Gasteiger partial charge is 0.255 e. The van der Waals surface area contributed by atoms with Crippen LogP contribution in [0, 0.1) is 0 Å². The van der Waals surface area contributed by atoms with Crippen molar-refractivity contribution < 1.29 is 63.9 Å². The van der Waals surface area contributed by atoms with Gasteiger partial charge in [-0.3, -0.25) is 4.98 Å². The number of nitrogens with zero attached hydrogens (tertiary/aromatic N) is 18. The summed E-state index contributed by atoms with van der Waals surface area (Å²) in [5.41, 5.74) is 47.0. The van der Waals surface area contributed by atoms with Crippen LogP contribution in [0.2, 0.25) is 0 Å². The number of pyridine rings is 18. The van der Waals surface area contributed by atoms with Gasteiger partial charge in [0.05, 0.1) is 59.7 Å². The summed E-state index contributed by atoms with van der Waals surface area (Å²) < 4.78 is 38.2. The lowest BCUT2D eigenvalue weighted by atomic mass is 9.94. The van der Waals surface area contributed by atoms with Crippen LogP contribution in [-0.4, -0.2) is 19.9 Å². The Morgan fingerprint density at radius 2 is 0.491 bits per heavy atom. The van der Waals surface area contributed by atoms with Crippen molar-refractivity contribution in [3.63, 3.8) is 0 Å². The minimum atomic E-state index is -1.07. The average molecular weight is 1430 g/mol. The zero-order chi connectivity index (χ0) is 70.6. The second kappa shape index (κ2) is 14.7. The van der Waals surface area contributed by atoms with Crippen LogP contribution in [0.5, 0.6) is 0 Å². The van der Waals surface area contributed by atoms with Gasteiger partial charge in [-0.2, -0.15) is 0 Å².